The van der Waals surface area contributed by atoms with Crippen molar-refractivity contribution in [2.24, 2.45) is 10.2 Å². The number of benzene rings is 2. The van der Waals surface area contributed by atoms with Crippen molar-refractivity contribution in [3.63, 3.8) is 0 Å². The molecular weight excluding hydrogens is 330 g/mol. The molecule has 128 valence electrons. The predicted molar refractivity (Wildman–Crippen MR) is 99.7 cm³/mol. The maximum Gasteiger partial charge on any atom is 0.261 e. The number of fused-ring (bicyclic) bond motifs is 4. The van der Waals surface area contributed by atoms with Crippen LogP contribution in [0.4, 0.5) is 11.6 Å². The fraction of sp³-hybridized carbons (Fsp3) is 0.105. The van der Waals surface area contributed by atoms with E-state index in [2.05, 4.69) is 15.5 Å². The smallest absolute Gasteiger partial charge is 0.261 e. The third-order valence-corrected chi connectivity index (χ3v) is 4.02. The first-order chi connectivity index (χ1) is 12.6. The number of azo groups is 1. The number of nitrogens with zero attached hydrogens (tertiary/aromatic N) is 4. The van der Waals surface area contributed by atoms with Crippen LogP contribution in [-0.4, -0.2) is 21.2 Å². The summed E-state index contributed by atoms with van der Waals surface area (Å²) in [6.45, 7) is 2.78. The van der Waals surface area contributed by atoms with Gasteiger partial charge in [0, 0.05) is 30.0 Å². The van der Waals surface area contributed by atoms with E-state index in [1.54, 1.807) is 4.40 Å². The van der Waals surface area contributed by atoms with Crippen molar-refractivity contribution in [3.8, 4) is 0 Å². The largest absolute Gasteiger partial charge is 0.311 e. The first-order valence-electron chi connectivity index (χ1n) is 8.08. The molecule has 7 nitrogen and oxygen atoms in total. The van der Waals surface area contributed by atoms with Gasteiger partial charge in [-0.15, -0.1) is 10.2 Å². The van der Waals surface area contributed by atoms with E-state index in [4.69, 9.17) is 4.98 Å². The maximum absolute atomic E-state index is 11.8. The molecule has 4 aromatic rings. The lowest BCUT2D eigenvalue weighted by Gasteiger charge is -2.09. The molecule has 0 aliphatic carbocycles. The lowest BCUT2D eigenvalue weighted by Crippen LogP contribution is -2.08. The summed E-state index contributed by atoms with van der Waals surface area (Å²) >= 11 is 0. The Hall–Kier alpha value is -3.61. The van der Waals surface area contributed by atoms with E-state index >= 15 is 0 Å². The Balaban J connectivity index is 2.24. The van der Waals surface area contributed by atoms with Crippen molar-refractivity contribution in [3.05, 3.63) is 48.5 Å². The van der Waals surface area contributed by atoms with E-state index in [0.29, 0.717) is 17.3 Å². The molecule has 0 fully saturated rings. The number of nitrogens with one attached hydrogen (secondary N) is 1. The predicted octanol–water partition coefficient (Wildman–Crippen LogP) is 4.23. The second-order valence-corrected chi connectivity index (χ2v) is 5.91. The molecule has 26 heavy (non-hydrogen) atoms. The Bertz CT molecular complexity index is 1220. The van der Waals surface area contributed by atoms with Crippen LogP contribution in [0.3, 0.4) is 0 Å². The average Bonchev–Trinajstić information content (AvgIpc) is 2.92. The van der Waals surface area contributed by atoms with Gasteiger partial charge in [0.25, 0.3) is 5.91 Å². The van der Waals surface area contributed by atoms with Crippen LogP contribution in [0.5, 0.6) is 0 Å². The fourth-order valence-corrected chi connectivity index (χ4v) is 3.05. The molecule has 0 bridgehead atoms. The number of aromatic nitrogens is 2. The molecule has 0 spiro atoms. The van der Waals surface area contributed by atoms with Gasteiger partial charge in [0.15, 0.2) is 5.82 Å². The van der Waals surface area contributed by atoms with Gasteiger partial charge in [-0.25, -0.2) is 4.98 Å². The molecular formula is C19H15N5O2. The molecule has 2 aromatic carbocycles. The Kier molecular flexibility index (Phi) is 3.69. The first-order valence-corrected chi connectivity index (χ1v) is 8.08. The summed E-state index contributed by atoms with van der Waals surface area (Å²) in [4.78, 5) is 27.9. The number of carbonyl (C=O) groups is 2. The molecule has 0 atom stereocenters. The van der Waals surface area contributed by atoms with Crippen molar-refractivity contribution in [2.45, 2.75) is 13.8 Å². The zero-order valence-corrected chi connectivity index (χ0v) is 14.2. The van der Waals surface area contributed by atoms with E-state index < -0.39 is 5.91 Å². The maximum atomic E-state index is 11.8. The van der Waals surface area contributed by atoms with Crippen LogP contribution in [0.2, 0.25) is 0 Å². The Morgan fingerprint density at radius 3 is 2.31 bits per heavy atom. The van der Waals surface area contributed by atoms with Crippen molar-refractivity contribution in [1.82, 2.24) is 9.38 Å². The summed E-state index contributed by atoms with van der Waals surface area (Å²) in [7, 11) is 0. The van der Waals surface area contributed by atoms with E-state index in [9.17, 15) is 9.59 Å². The Morgan fingerprint density at radius 2 is 1.62 bits per heavy atom. The highest BCUT2D eigenvalue weighted by atomic mass is 16.2. The quantitative estimate of drug-likeness (QED) is 0.551. The Morgan fingerprint density at radius 1 is 0.962 bits per heavy atom. The minimum Gasteiger partial charge on any atom is -0.311 e. The molecule has 7 heteroatoms. The van der Waals surface area contributed by atoms with Gasteiger partial charge in [0.2, 0.25) is 5.91 Å². The topological polar surface area (TPSA) is 88.2 Å². The van der Waals surface area contributed by atoms with Crippen LogP contribution in [0, 0.1) is 0 Å². The van der Waals surface area contributed by atoms with Crippen LogP contribution in [0.15, 0.2) is 58.8 Å². The van der Waals surface area contributed by atoms with Crippen molar-refractivity contribution < 1.29 is 9.59 Å². The van der Waals surface area contributed by atoms with Gasteiger partial charge in [-0.05, 0) is 12.1 Å². The minimum atomic E-state index is -0.406. The summed E-state index contributed by atoms with van der Waals surface area (Å²) < 4.78 is 1.74. The highest BCUT2D eigenvalue weighted by molar-refractivity contribution is 6.10. The van der Waals surface area contributed by atoms with Crippen LogP contribution >= 0.6 is 0 Å². The van der Waals surface area contributed by atoms with Gasteiger partial charge in [-0.1, -0.05) is 36.4 Å². The second kappa shape index (κ2) is 6.03. The van der Waals surface area contributed by atoms with Crippen LogP contribution in [-0.2, 0) is 9.59 Å². The number of rotatable bonds is 2. The summed E-state index contributed by atoms with van der Waals surface area (Å²) in [5.74, 6) is 0.384. The van der Waals surface area contributed by atoms with Crippen molar-refractivity contribution in [1.29, 1.82) is 0 Å². The first kappa shape index (κ1) is 15.9. The number of anilines is 1. The van der Waals surface area contributed by atoms with Gasteiger partial charge >= 0.3 is 0 Å². The lowest BCUT2D eigenvalue weighted by atomic mass is 10.2. The van der Waals surface area contributed by atoms with Crippen molar-refractivity contribution in [2.75, 3.05) is 5.32 Å². The average molecular weight is 345 g/mol. The third kappa shape index (κ3) is 2.50. The van der Waals surface area contributed by atoms with Crippen molar-refractivity contribution >= 4 is 50.8 Å². The van der Waals surface area contributed by atoms with Crippen LogP contribution < -0.4 is 5.32 Å². The number of hydrogen-bond acceptors (Lipinski definition) is 4. The molecule has 1 N–H and O–H groups in total. The Labute approximate surface area is 148 Å². The molecule has 0 saturated carbocycles. The highest BCUT2D eigenvalue weighted by Gasteiger charge is 2.18. The number of carbonyl (C=O) groups excluding carboxylic acids is 2. The van der Waals surface area contributed by atoms with Gasteiger partial charge in [0.05, 0.1) is 5.52 Å². The molecule has 0 saturated heterocycles. The summed E-state index contributed by atoms with van der Waals surface area (Å²) in [5, 5.41) is 13.2. The van der Waals surface area contributed by atoms with Gasteiger partial charge in [0.1, 0.15) is 11.5 Å². The highest BCUT2D eigenvalue weighted by Crippen LogP contribution is 2.37. The molecule has 2 heterocycles. The van der Waals surface area contributed by atoms with E-state index in [-0.39, 0.29) is 5.91 Å². The zero-order chi connectivity index (χ0) is 18.3. The van der Waals surface area contributed by atoms with Gasteiger partial charge in [-0.3, -0.25) is 14.0 Å². The second-order valence-electron chi connectivity index (χ2n) is 5.91. The molecule has 0 unspecified atom stereocenters. The minimum absolute atomic E-state index is 0.210. The molecule has 4 rings (SSSR count). The van der Waals surface area contributed by atoms with E-state index in [1.165, 1.54) is 13.8 Å². The number of hydrogen-bond donors (Lipinski definition) is 1. The molecule has 0 aliphatic rings. The number of para-hydroxylation sites is 1. The summed E-state index contributed by atoms with van der Waals surface area (Å²) in [6, 6.07) is 15.1. The number of amides is 2. The lowest BCUT2D eigenvalue weighted by molar-refractivity contribution is -0.116. The monoisotopic (exact) mass is 345 g/mol. The zero-order valence-electron chi connectivity index (χ0n) is 14.2. The molecule has 2 aromatic heterocycles. The molecule has 2 amide bonds. The summed E-state index contributed by atoms with van der Waals surface area (Å²) in [5.41, 5.74) is 1.37. The molecule has 0 aliphatic heterocycles. The standard InChI is InChI=1S/C19H15N5O2/c1-11(25)20-17-13-7-3-4-8-14(13)18-21-16-10-6-5-9-15(16)19(24(17)18)23-22-12(2)26/h3-10H,1-2H3,(H,20,25). The fourth-order valence-electron chi connectivity index (χ4n) is 3.05. The normalized spacial score (nSPS) is 11.6. The SMILES string of the molecule is CC(=O)N=Nc1c2ccccc2nc2c3ccccc3c(NC(C)=O)n12. The van der Waals surface area contributed by atoms with E-state index in [0.717, 1.165) is 21.7 Å². The van der Waals surface area contributed by atoms with Crippen LogP contribution in [0.1, 0.15) is 13.8 Å². The van der Waals surface area contributed by atoms with E-state index in [1.807, 2.05) is 48.5 Å². The van der Waals surface area contributed by atoms with Gasteiger partial charge < -0.3 is 5.32 Å². The summed E-state index contributed by atoms with van der Waals surface area (Å²) in [6.07, 6.45) is 0. The third-order valence-electron chi connectivity index (χ3n) is 4.02. The molecule has 0 radical (unpaired) electrons. The van der Waals surface area contributed by atoms with Gasteiger partial charge in [-0.2, -0.15) is 0 Å². The van der Waals surface area contributed by atoms with Crippen LogP contribution in [0.25, 0.3) is 27.3 Å².